The number of aryl methyl sites for hydroxylation is 1. The zero-order valence-corrected chi connectivity index (χ0v) is 13.8. The first-order chi connectivity index (χ1) is 10.1. The van der Waals surface area contributed by atoms with Gasteiger partial charge < -0.3 is 5.11 Å². The average Bonchev–Trinajstić information content (AvgIpc) is 3.30. The van der Waals surface area contributed by atoms with Gasteiger partial charge in [0, 0.05) is 0 Å². The lowest BCUT2D eigenvalue weighted by Gasteiger charge is -2.11. The Labute approximate surface area is 127 Å². The van der Waals surface area contributed by atoms with Gasteiger partial charge in [0.1, 0.15) is 11.6 Å². The number of phenolic OH excluding ortho intramolecular Hbond substituents is 1. The Bertz CT molecular complexity index is 586. The quantitative estimate of drug-likeness (QED) is 0.719. The minimum Gasteiger partial charge on any atom is -0.508 e. The molecule has 1 N–H and O–H groups in total. The fourth-order valence-corrected chi connectivity index (χ4v) is 2.53. The molecular formula is C19H27FO. The summed E-state index contributed by atoms with van der Waals surface area (Å²) in [7, 11) is 0. The second kappa shape index (κ2) is 8.02. The Morgan fingerprint density at radius 3 is 2.29 bits per heavy atom. The highest BCUT2D eigenvalue weighted by Crippen LogP contribution is 2.37. The minimum absolute atomic E-state index is 0.113. The summed E-state index contributed by atoms with van der Waals surface area (Å²) in [4.78, 5) is 0. The predicted molar refractivity (Wildman–Crippen MR) is 89.4 cm³/mol. The summed E-state index contributed by atoms with van der Waals surface area (Å²) in [6.07, 6.45) is 3.26. The van der Waals surface area contributed by atoms with Crippen LogP contribution >= 0.6 is 0 Å². The van der Waals surface area contributed by atoms with Crippen LogP contribution in [0.3, 0.4) is 0 Å². The van der Waals surface area contributed by atoms with Crippen molar-refractivity contribution in [1.82, 2.24) is 0 Å². The second-order valence-corrected chi connectivity index (χ2v) is 5.03. The van der Waals surface area contributed by atoms with Crippen molar-refractivity contribution in [3.05, 3.63) is 41.2 Å². The molecule has 0 amide bonds. The largest absolute Gasteiger partial charge is 0.508 e. The van der Waals surface area contributed by atoms with Crippen molar-refractivity contribution in [3.63, 3.8) is 0 Å². The molecule has 0 radical (unpaired) electrons. The summed E-state index contributed by atoms with van der Waals surface area (Å²) in [5.74, 6) is 0.792. The number of halogens is 1. The van der Waals surface area contributed by atoms with Crippen LogP contribution in [-0.2, 0) is 6.42 Å². The Hall–Kier alpha value is -1.57. The van der Waals surface area contributed by atoms with Crippen LogP contribution in [0.25, 0.3) is 10.8 Å². The van der Waals surface area contributed by atoms with Crippen LogP contribution in [0, 0.1) is 18.7 Å². The number of aromatic hydroxyl groups is 1. The summed E-state index contributed by atoms with van der Waals surface area (Å²) in [5.41, 5.74) is 1.78. The maximum Gasteiger partial charge on any atom is 0.127 e. The SMILES string of the molecule is CC.CC.Cc1cc(O)cc2ccc(F)c(CC3CC3)c12. The van der Waals surface area contributed by atoms with Crippen molar-refractivity contribution >= 4 is 10.8 Å². The van der Waals surface area contributed by atoms with Gasteiger partial charge >= 0.3 is 0 Å². The summed E-state index contributed by atoms with van der Waals surface area (Å²) in [5, 5.41) is 11.5. The van der Waals surface area contributed by atoms with Gasteiger partial charge in [-0.3, -0.25) is 0 Å². The van der Waals surface area contributed by atoms with Crippen molar-refractivity contribution < 1.29 is 9.50 Å². The third-order valence-electron chi connectivity index (χ3n) is 3.54. The molecule has 0 saturated heterocycles. The molecule has 2 heteroatoms. The van der Waals surface area contributed by atoms with Crippen molar-refractivity contribution in [3.8, 4) is 5.75 Å². The highest BCUT2D eigenvalue weighted by molar-refractivity contribution is 5.90. The van der Waals surface area contributed by atoms with E-state index >= 15 is 0 Å². The van der Waals surface area contributed by atoms with Crippen LogP contribution in [0.1, 0.15) is 51.7 Å². The monoisotopic (exact) mass is 290 g/mol. The van der Waals surface area contributed by atoms with E-state index in [1.165, 1.54) is 18.9 Å². The lowest BCUT2D eigenvalue weighted by molar-refractivity contribution is 0.475. The van der Waals surface area contributed by atoms with Crippen LogP contribution in [0.4, 0.5) is 4.39 Å². The maximum atomic E-state index is 13.9. The molecule has 0 unspecified atom stereocenters. The molecule has 1 aliphatic carbocycles. The van der Waals surface area contributed by atoms with E-state index in [2.05, 4.69) is 0 Å². The molecule has 116 valence electrons. The van der Waals surface area contributed by atoms with E-state index in [1.54, 1.807) is 18.2 Å². The summed E-state index contributed by atoms with van der Waals surface area (Å²) in [6.45, 7) is 9.93. The van der Waals surface area contributed by atoms with Gasteiger partial charge in [-0.2, -0.15) is 0 Å². The lowest BCUT2D eigenvalue weighted by Crippen LogP contribution is -1.96. The summed E-state index contributed by atoms with van der Waals surface area (Å²) in [6, 6.07) is 6.67. The first-order valence-electron chi connectivity index (χ1n) is 8.06. The molecule has 21 heavy (non-hydrogen) atoms. The molecule has 0 bridgehead atoms. The Kier molecular flexibility index (Phi) is 6.67. The molecule has 0 aliphatic heterocycles. The molecule has 1 nitrogen and oxygen atoms in total. The van der Waals surface area contributed by atoms with E-state index in [-0.39, 0.29) is 11.6 Å². The van der Waals surface area contributed by atoms with Crippen LogP contribution < -0.4 is 0 Å². The first kappa shape index (κ1) is 17.5. The molecule has 2 aromatic carbocycles. The molecular weight excluding hydrogens is 263 g/mol. The van der Waals surface area contributed by atoms with Gasteiger partial charge in [0.15, 0.2) is 0 Å². The van der Waals surface area contributed by atoms with Gasteiger partial charge in [0.05, 0.1) is 0 Å². The van der Waals surface area contributed by atoms with Crippen molar-refractivity contribution in [2.45, 2.75) is 53.9 Å². The van der Waals surface area contributed by atoms with Crippen LogP contribution in [0.2, 0.25) is 0 Å². The van der Waals surface area contributed by atoms with Crippen LogP contribution in [0.15, 0.2) is 24.3 Å². The van der Waals surface area contributed by atoms with E-state index in [1.807, 2.05) is 34.6 Å². The zero-order valence-electron chi connectivity index (χ0n) is 13.8. The number of rotatable bonds is 2. The number of phenols is 1. The molecule has 1 fully saturated rings. The van der Waals surface area contributed by atoms with Gasteiger partial charge in [0.25, 0.3) is 0 Å². The highest BCUT2D eigenvalue weighted by atomic mass is 19.1. The maximum absolute atomic E-state index is 13.9. The Morgan fingerprint density at radius 1 is 1.10 bits per heavy atom. The second-order valence-electron chi connectivity index (χ2n) is 5.03. The zero-order chi connectivity index (χ0) is 16.0. The van der Waals surface area contributed by atoms with Gasteiger partial charge in [-0.05, 0) is 72.2 Å². The lowest BCUT2D eigenvalue weighted by atomic mass is 9.96. The number of benzene rings is 2. The fourth-order valence-electron chi connectivity index (χ4n) is 2.53. The van der Waals surface area contributed by atoms with Crippen LogP contribution in [-0.4, -0.2) is 5.11 Å². The van der Waals surface area contributed by atoms with E-state index in [4.69, 9.17) is 0 Å². The molecule has 1 saturated carbocycles. The predicted octanol–water partition coefficient (Wildman–Crippen LogP) is 6.00. The van der Waals surface area contributed by atoms with E-state index in [0.29, 0.717) is 5.92 Å². The molecule has 0 spiro atoms. The number of hydrogen-bond acceptors (Lipinski definition) is 1. The smallest absolute Gasteiger partial charge is 0.127 e. The van der Waals surface area contributed by atoms with E-state index in [9.17, 15) is 9.50 Å². The van der Waals surface area contributed by atoms with Crippen molar-refractivity contribution in [2.75, 3.05) is 0 Å². The van der Waals surface area contributed by atoms with Gasteiger partial charge in [0.2, 0.25) is 0 Å². The highest BCUT2D eigenvalue weighted by Gasteiger charge is 2.24. The normalized spacial score (nSPS) is 13.0. The molecule has 1 aliphatic rings. The fraction of sp³-hybridized carbons (Fsp3) is 0.474. The molecule has 3 rings (SSSR count). The molecule has 0 aromatic heterocycles. The average molecular weight is 290 g/mol. The minimum atomic E-state index is -0.113. The van der Waals surface area contributed by atoms with Crippen LogP contribution in [0.5, 0.6) is 5.75 Å². The standard InChI is InChI=1S/C15H15FO.2C2H6/c1-9-6-12(17)8-11-4-5-14(16)13(15(9)11)7-10-2-3-10;2*1-2/h4-6,8,10,17H,2-3,7H2,1H3;2*1-2H3. The molecule has 0 heterocycles. The van der Waals surface area contributed by atoms with Crippen molar-refractivity contribution in [1.29, 1.82) is 0 Å². The topological polar surface area (TPSA) is 20.2 Å². The van der Waals surface area contributed by atoms with Crippen molar-refractivity contribution in [2.24, 2.45) is 5.92 Å². The molecule has 0 atom stereocenters. The molecule has 2 aromatic rings. The third-order valence-corrected chi connectivity index (χ3v) is 3.54. The Morgan fingerprint density at radius 2 is 1.71 bits per heavy atom. The number of hydrogen-bond donors (Lipinski definition) is 1. The van der Waals surface area contributed by atoms with Gasteiger partial charge in [-0.1, -0.05) is 33.8 Å². The third kappa shape index (κ3) is 4.20. The van der Waals surface area contributed by atoms with Gasteiger partial charge in [-0.15, -0.1) is 0 Å². The summed E-state index contributed by atoms with van der Waals surface area (Å²) < 4.78 is 13.9. The summed E-state index contributed by atoms with van der Waals surface area (Å²) >= 11 is 0. The Balaban J connectivity index is 0.000000510. The van der Waals surface area contributed by atoms with Gasteiger partial charge in [-0.25, -0.2) is 4.39 Å². The van der Waals surface area contributed by atoms with E-state index < -0.39 is 0 Å². The number of fused-ring (bicyclic) bond motifs is 1. The first-order valence-corrected chi connectivity index (χ1v) is 8.06. The van der Waals surface area contributed by atoms with E-state index in [0.717, 1.165) is 28.3 Å².